The second-order valence-electron chi connectivity index (χ2n) is 6.88. The first-order valence-corrected chi connectivity index (χ1v) is 8.81. The van der Waals surface area contributed by atoms with Gasteiger partial charge in [-0.15, -0.1) is 0 Å². The highest BCUT2D eigenvalue weighted by atomic mass is 16.3. The van der Waals surface area contributed by atoms with E-state index in [1.165, 1.54) is 16.5 Å². The van der Waals surface area contributed by atoms with Gasteiger partial charge < -0.3 is 4.42 Å². The fourth-order valence-corrected chi connectivity index (χ4v) is 3.83. The van der Waals surface area contributed by atoms with Crippen LogP contribution in [0.25, 0.3) is 44.2 Å². The first-order chi connectivity index (χ1) is 12.6. The Hall–Kier alpha value is -3.20. The molecule has 0 radical (unpaired) electrons. The summed E-state index contributed by atoms with van der Waals surface area (Å²) in [6.07, 6.45) is 0. The molecular formula is C23H19N2O+. The van der Waals surface area contributed by atoms with Crippen molar-refractivity contribution in [3.63, 3.8) is 0 Å². The van der Waals surface area contributed by atoms with E-state index in [4.69, 9.17) is 4.42 Å². The van der Waals surface area contributed by atoms with Gasteiger partial charge in [-0.3, -0.25) is 0 Å². The van der Waals surface area contributed by atoms with Crippen LogP contribution >= 0.6 is 0 Å². The summed E-state index contributed by atoms with van der Waals surface area (Å²) in [6.45, 7) is 4.12. The Morgan fingerprint density at radius 1 is 0.846 bits per heavy atom. The SMILES string of the molecule is Cc1ccc2c(n1)oc1c(-c3ccc4ccccc4[n+]3C)c(C)ccc12. The van der Waals surface area contributed by atoms with E-state index in [1.54, 1.807) is 0 Å². The molecule has 0 aliphatic heterocycles. The number of aryl methyl sites for hydroxylation is 3. The molecule has 126 valence electrons. The minimum absolute atomic E-state index is 0.704. The van der Waals surface area contributed by atoms with Crippen LogP contribution in [-0.4, -0.2) is 4.98 Å². The van der Waals surface area contributed by atoms with Gasteiger partial charge in [0.15, 0.2) is 5.58 Å². The van der Waals surface area contributed by atoms with Crippen molar-refractivity contribution >= 4 is 33.0 Å². The van der Waals surface area contributed by atoms with E-state index in [1.807, 2.05) is 13.0 Å². The maximum atomic E-state index is 6.24. The summed E-state index contributed by atoms with van der Waals surface area (Å²) in [7, 11) is 2.11. The first-order valence-electron chi connectivity index (χ1n) is 8.81. The molecule has 0 amide bonds. The van der Waals surface area contributed by atoms with E-state index in [2.05, 4.69) is 78.1 Å². The van der Waals surface area contributed by atoms with Crippen LogP contribution in [0.2, 0.25) is 0 Å². The fourth-order valence-electron chi connectivity index (χ4n) is 3.83. The molecule has 0 saturated heterocycles. The molecule has 0 fully saturated rings. The zero-order valence-electron chi connectivity index (χ0n) is 15.1. The Kier molecular flexibility index (Phi) is 3.13. The monoisotopic (exact) mass is 339 g/mol. The van der Waals surface area contributed by atoms with Crippen LogP contribution in [-0.2, 0) is 7.05 Å². The van der Waals surface area contributed by atoms with Gasteiger partial charge in [0.1, 0.15) is 7.05 Å². The number of hydrogen-bond donors (Lipinski definition) is 0. The molecular weight excluding hydrogens is 320 g/mol. The zero-order valence-corrected chi connectivity index (χ0v) is 15.1. The molecule has 0 unspecified atom stereocenters. The highest BCUT2D eigenvalue weighted by Gasteiger charge is 2.22. The van der Waals surface area contributed by atoms with Crippen molar-refractivity contribution in [2.45, 2.75) is 13.8 Å². The lowest BCUT2D eigenvalue weighted by molar-refractivity contribution is -0.633. The average Bonchev–Trinajstić information content (AvgIpc) is 3.00. The van der Waals surface area contributed by atoms with Crippen molar-refractivity contribution in [1.29, 1.82) is 0 Å². The number of furan rings is 1. The Morgan fingerprint density at radius 3 is 2.54 bits per heavy atom. The molecule has 0 atom stereocenters. The van der Waals surface area contributed by atoms with Crippen molar-refractivity contribution in [2.75, 3.05) is 0 Å². The van der Waals surface area contributed by atoms with E-state index in [0.29, 0.717) is 5.71 Å². The molecule has 0 N–H and O–H groups in total. The smallest absolute Gasteiger partial charge is 0.227 e. The van der Waals surface area contributed by atoms with Crippen LogP contribution in [0.15, 0.2) is 65.1 Å². The number of para-hydroxylation sites is 1. The molecule has 0 aliphatic rings. The molecule has 0 bridgehead atoms. The summed E-state index contributed by atoms with van der Waals surface area (Å²) in [5.74, 6) is 0. The summed E-state index contributed by atoms with van der Waals surface area (Å²) in [4.78, 5) is 4.58. The van der Waals surface area contributed by atoms with Crippen LogP contribution in [0.4, 0.5) is 0 Å². The largest absolute Gasteiger partial charge is 0.437 e. The van der Waals surface area contributed by atoms with Gasteiger partial charge in [0.05, 0.1) is 5.56 Å². The molecule has 3 nitrogen and oxygen atoms in total. The molecule has 26 heavy (non-hydrogen) atoms. The number of hydrogen-bond acceptors (Lipinski definition) is 2. The molecule has 5 aromatic rings. The van der Waals surface area contributed by atoms with Gasteiger partial charge in [-0.25, -0.2) is 4.98 Å². The van der Waals surface area contributed by atoms with E-state index < -0.39 is 0 Å². The van der Waals surface area contributed by atoms with E-state index in [-0.39, 0.29) is 0 Å². The molecule has 0 spiro atoms. The zero-order chi connectivity index (χ0) is 17.8. The van der Waals surface area contributed by atoms with Crippen LogP contribution in [0.1, 0.15) is 11.3 Å². The third-order valence-electron chi connectivity index (χ3n) is 5.19. The summed E-state index contributed by atoms with van der Waals surface area (Å²) in [6, 6.07) is 21.2. The summed E-state index contributed by atoms with van der Waals surface area (Å²) in [5, 5.41) is 3.40. The lowest BCUT2D eigenvalue weighted by atomic mass is 10.00. The quantitative estimate of drug-likeness (QED) is 0.391. The first kappa shape index (κ1) is 15.1. The molecule has 5 rings (SSSR count). The minimum atomic E-state index is 0.704. The van der Waals surface area contributed by atoms with Crippen molar-refractivity contribution in [3.8, 4) is 11.3 Å². The van der Waals surface area contributed by atoms with Gasteiger partial charge in [-0.05, 0) is 43.7 Å². The number of nitrogens with zero attached hydrogens (tertiary/aromatic N) is 2. The highest BCUT2D eigenvalue weighted by molar-refractivity contribution is 6.08. The van der Waals surface area contributed by atoms with Gasteiger partial charge in [-0.2, -0.15) is 4.57 Å². The van der Waals surface area contributed by atoms with Crippen molar-refractivity contribution in [2.24, 2.45) is 7.05 Å². The van der Waals surface area contributed by atoms with E-state index in [9.17, 15) is 0 Å². The topological polar surface area (TPSA) is 29.9 Å². The number of fused-ring (bicyclic) bond motifs is 4. The maximum absolute atomic E-state index is 6.24. The Balaban J connectivity index is 1.91. The second-order valence-corrected chi connectivity index (χ2v) is 6.88. The van der Waals surface area contributed by atoms with E-state index in [0.717, 1.165) is 33.3 Å². The van der Waals surface area contributed by atoms with Gasteiger partial charge >= 0.3 is 0 Å². The van der Waals surface area contributed by atoms with Gasteiger partial charge in [0.25, 0.3) is 0 Å². The van der Waals surface area contributed by atoms with Gasteiger partial charge in [0.2, 0.25) is 16.9 Å². The molecule has 0 saturated carbocycles. The van der Waals surface area contributed by atoms with Crippen molar-refractivity contribution in [3.05, 3.63) is 71.9 Å². The minimum Gasteiger partial charge on any atom is -0.437 e. The Morgan fingerprint density at radius 2 is 1.65 bits per heavy atom. The summed E-state index contributed by atoms with van der Waals surface area (Å²) >= 11 is 0. The summed E-state index contributed by atoms with van der Waals surface area (Å²) in [5.41, 5.74) is 7.24. The maximum Gasteiger partial charge on any atom is 0.227 e. The van der Waals surface area contributed by atoms with Crippen molar-refractivity contribution < 1.29 is 8.98 Å². The number of rotatable bonds is 1. The van der Waals surface area contributed by atoms with Crippen LogP contribution in [0, 0.1) is 13.8 Å². The lowest BCUT2D eigenvalue weighted by Crippen LogP contribution is -2.32. The second kappa shape index (κ2) is 5.40. The molecule has 2 aromatic carbocycles. The average molecular weight is 339 g/mol. The number of pyridine rings is 2. The standard InChI is InChI=1S/C23H19N2O/c1-14-8-11-17-18-12-9-15(2)24-23(18)26-22(17)21(14)20-13-10-16-6-4-5-7-19(16)25(20)3/h4-13H,1-3H3/q+1. The fraction of sp³-hybridized carbons (Fsp3) is 0.130. The molecule has 3 aromatic heterocycles. The Labute approximate surface area is 151 Å². The van der Waals surface area contributed by atoms with Gasteiger partial charge in [-0.1, -0.05) is 24.3 Å². The highest BCUT2D eigenvalue weighted by Crippen LogP contribution is 2.36. The normalized spacial score (nSPS) is 11.7. The van der Waals surface area contributed by atoms with E-state index >= 15 is 0 Å². The molecule has 3 heteroatoms. The summed E-state index contributed by atoms with van der Waals surface area (Å²) < 4.78 is 8.48. The number of aromatic nitrogens is 2. The molecule has 3 heterocycles. The predicted molar refractivity (Wildman–Crippen MR) is 105 cm³/mol. The Bertz CT molecular complexity index is 1310. The third-order valence-corrected chi connectivity index (χ3v) is 5.19. The van der Waals surface area contributed by atoms with Crippen LogP contribution in [0.5, 0.6) is 0 Å². The number of benzene rings is 2. The lowest BCUT2D eigenvalue weighted by Gasteiger charge is -2.07. The third kappa shape index (κ3) is 2.07. The predicted octanol–water partition coefficient (Wildman–Crippen LogP) is 5.24. The van der Waals surface area contributed by atoms with Crippen LogP contribution < -0.4 is 4.57 Å². The van der Waals surface area contributed by atoms with Crippen LogP contribution in [0.3, 0.4) is 0 Å². The van der Waals surface area contributed by atoms with Gasteiger partial charge in [0, 0.05) is 34.0 Å². The molecule has 0 aliphatic carbocycles. The van der Waals surface area contributed by atoms with Crippen molar-refractivity contribution in [1.82, 2.24) is 4.98 Å².